The summed E-state index contributed by atoms with van der Waals surface area (Å²) in [6, 6.07) is 9.99. The van der Waals surface area contributed by atoms with Gasteiger partial charge in [0, 0.05) is 24.8 Å². The van der Waals surface area contributed by atoms with Crippen molar-refractivity contribution >= 4 is 25.7 Å². The standard InChI is InChI=1S/C16H26O4SSi/c1-5-13-22(18-6-2,19-7-3)20-14(4)21-16(17)15-11-9-8-10-12-15/h8-12,14H,5-7,13H2,1-4H3. The zero-order valence-corrected chi connectivity index (χ0v) is 15.7. The first-order valence-corrected chi connectivity index (χ1v) is 10.6. The van der Waals surface area contributed by atoms with E-state index in [0.717, 1.165) is 12.5 Å². The van der Waals surface area contributed by atoms with E-state index in [0.29, 0.717) is 18.8 Å². The van der Waals surface area contributed by atoms with Crippen LogP contribution in [0.2, 0.25) is 6.04 Å². The van der Waals surface area contributed by atoms with E-state index in [1.807, 2.05) is 51.1 Å². The fourth-order valence-electron chi connectivity index (χ4n) is 2.13. The van der Waals surface area contributed by atoms with Crippen molar-refractivity contribution in [2.24, 2.45) is 0 Å². The molecule has 0 spiro atoms. The molecule has 0 saturated heterocycles. The number of benzene rings is 1. The zero-order valence-electron chi connectivity index (χ0n) is 13.8. The lowest BCUT2D eigenvalue weighted by molar-refractivity contribution is 0.0625. The van der Waals surface area contributed by atoms with Gasteiger partial charge in [-0.2, -0.15) is 0 Å². The third-order valence-electron chi connectivity index (χ3n) is 2.91. The quantitative estimate of drug-likeness (QED) is 0.467. The van der Waals surface area contributed by atoms with Crippen molar-refractivity contribution in [3.8, 4) is 0 Å². The summed E-state index contributed by atoms with van der Waals surface area (Å²) < 4.78 is 17.8. The number of carbonyl (C=O) groups excluding carboxylic acids is 1. The second-order valence-electron chi connectivity index (χ2n) is 4.76. The Bertz CT molecular complexity index is 424. The van der Waals surface area contributed by atoms with Gasteiger partial charge >= 0.3 is 8.80 Å². The highest BCUT2D eigenvalue weighted by Gasteiger charge is 2.41. The topological polar surface area (TPSA) is 44.8 Å². The van der Waals surface area contributed by atoms with Gasteiger partial charge in [-0.15, -0.1) is 0 Å². The number of carbonyl (C=O) groups is 1. The highest BCUT2D eigenvalue weighted by atomic mass is 32.2. The molecule has 0 saturated carbocycles. The lowest BCUT2D eigenvalue weighted by atomic mass is 10.2. The van der Waals surface area contributed by atoms with Crippen LogP contribution in [0.4, 0.5) is 0 Å². The first kappa shape index (κ1) is 19.4. The smallest absolute Gasteiger partial charge is 0.374 e. The number of hydrogen-bond donors (Lipinski definition) is 0. The van der Waals surface area contributed by atoms with Crippen LogP contribution in [0.25, 0.3) is 0 Å². The molecule has 0 aliphatic carbocycles. The predicted molar refractivity (Wildman–Crippen MR) is 93.0 cm³/mol. The molecule has 6 heteroatoms. The van der Waals surface area contributed by atoms with Crippen LogP contribution in [0.15, 0.2) is 30.3 Å². The molecule has 0 bridgehead atoms. The number of thioether (sulfide) groups is 1. The summed E-state index contributed by atoms with van der Waals surface area (Å²) >= 11 is 1.17. The third kappa shape index (κ3) is 6.22. The Balaban J connectivity index is 2.69. The molecule has 1 aromatic carbocycles. The molecule has 1 unspecified atom stereocenters. The zero-order chi connectivity index (χ0) is 16.4. The first-order valence-electron chi connectivity index (χ1n) is 7.78. The van der Waals surface area contributed by atoms with Gasteiger partial charge in [-0.25, -0.2) is 0 Å². The predicted octanol–water partition coefficient (Wildman–Crippen LogP) is 4.34. The molecule has 1 rings (SSSR count). The monoisotopic (exact) mass is 342 g/mol. The Labute approximate surface area is 138 Å². The Kier molecular flexibility index (Phi) is 8.97. The van der Waals surface area contributed by atoms with E-state index < -0.39 is 8.80 Å². The lowest BCUT2D eigenvalue weighted by Gasteiger charge is -2.31. The van der Waals surface area contributed by atoms with E-state index in [2.05, 4.69) is 6.92 Å². The maximum Gasteiger partial charge on any atom is 0.501 e. The maximum atomic E-state index is 12.2. The second-order valence-corrected chi connectivity index (χ2v) is 8.71. The molecule has 0 N–H and O–H groups in total. The molecule has 0 aromatic heterocycles. The largest absolute Gasteiger partial charge is 0.501 e. The molecular formula is C16H26O4SSi. The Morgan fingerprint density at radius 2 is 1.73 bits per heavy atom. The van der Waals surface area contributed by atoms with E-state index in [1.54, 1.807) is 0 Å². The molecule has 0 amide bonds. The van der Waals surface area contributed by atoms with Crippen LogP contribution >= 0.6 is 11.8 Å². The van der Waals surface area contributed by atoms with Crippen molar-refractivity contribution in [3.05, 3.63) is 35.9 Å². The van der Waals surface area contributed by atoms with Crippen LogP contribution in [0.3, 0.4) is 0 Å². The minimum absolute atomic E-state index is 0.000459. The molecule has 0 aliphatic rings. The molecule has 1 aromatic rings. The van der Waals surface area contributed by atoms with Crippen LogP contribution in [0.1, 0.15) is 44.5 Å². The van der Waals surface area contributed by atoms with E-state index in [9.17, 15) is 4.79 Å². The van der Waals surface area contributed by atoms with Gasteiger partial charge in [-0.3, -0.25) is 4.79 Å². The lowest BCUT2D eigenvalue weighted by Crippen LogP contribution is -2.47. The van der Waals surface area contributed by atoms with Gasteiger partial charge in [-0.1, -0.05) is 55.4 Å². The van der Waals surface area contributed by atoms with E-state index in [1.165, 1.54) is 11.8 Å². The molecule has 0 aliphatic heterocycles. The molecular weight excluding hydrogens is 316 g/mol. The van der Waals surface area contributed by atoms with Gasteiger partial charge in [-0.05, 0) is 20.8 Å². The van der Waals surface area contributed by atoms with Crippen LogP contribution in [0.5, 0.6) is 0 Å². The fourth-order valence-corrected chi connectivity index (χ4v) is 5.96. The van der Waals surface area contributed by atoms with Crippen molar-refractivity contribution in [2.75, 3.05) is 13.2 Å². The summed E-state index contributed by atoms with van der Waals surface area (Å²) in [6.07, 6.45) is 0.927. The molecule has 0 radical (unpaired) electrons. The summed E-state index contributed by atoms with van der Waals surface area (Å²) in [7, 11) is -2.70. The van der Waals surface area contributed by atoms with Crippen LogP contribution in [-0.4, -0.2) is 32.6 Å². The van der Waals surface area contributed by atoms with E-state index in [-0.39, 0.29) is 10.6 Å². The van der Waals surface area contributed by atoms with Gasteiger partial charge in [0.05, 0.1) is 0 Å². The minimum Gasteiger partial charge on any atom is -0.374 e. The summed E-state index contributed by atoms with van der Waals surface area (Å²) in [5.74, 6) is 0. The van der Waals surface area contributed by atoms with E-state index in [4.69, 9.17) is 13.3 Å². The third-order valence-corrected chi connectivity index (χ3v) is 7.24. The molecule has 0 heterocycles. The summed E-state index contributed by atoms with van der Waals surface area (Å²) in [4.78, 5) is 12.2. The molecule has 22 heavy (non-hydrogen) atoms. The molecule has 0 fully saturated rings. The average molecular weight is 343 g/mol. The number of rotatable bonds is 10. The van der Waals surface area contributed by atoms with Gasteiger partial charge in [0.15, 0.2) is 0 Å². The molecule has 1 atom stereocenters. The summed E-state index contributed by atoms with van der Waals surface area (Å²) in [6.45, 7) is 8.93. The molecule has 124 valence electrons. The fraction of sp³-hybridized carbons (Fsp3) is 0.562. The van der Waals surface area contributed by atoms with Gasteiger partial charge < -0.3 is 13.3 Å². The molecule has 4 nitrogen and oxygen atoms in total. The maximum absolute atomic E-state index is 12.2. The van der Waals surface area contributed by atoms with Crippen molar-refractivity contribution in [2.45, 2.75) is 45.6 Å². The SMILES string of the molecule is CCC[Si](OCC)(OCC)OC(C)SC(=O)c1ccccc1. The van der Waals surface area contributed by atoms with Gasteiger partial charge in [0.25, 0.3) is 0 Å². The Morgan fingerprint density at radius 1 is 1.14 bits per heavy atom. The van der Waals surface area contributed by atoms with Crippen LogP contribution < -0.4 is 0 Å². The Morgan fingerprint density at radius 3 is 2.23 bits per heavy atom. The van der Waals surface area contributed by atoms with Crippen LogP contribution in [0, 0.1) is 0 Å². The highest BCUT2D eigenvalue weighted by molar-refractivity contribution is 8.14. The van der Waals surface area contributed by atoms with Crippen molar-refractivity contribution in [3.63, 3.8) is 0 Å². The number of hydrogen-bond acceptors (Lipinski definition) is 5. The van der Waals surface area contributed by atoms with Crippen molar-refractivity contribution in [1.29, 1.82) is 0 Å². The summed E-state index contributed by atoms with van der Waals surface area (Å²) in [5.41, 5.74) is 0.377. The van der Waals surface area contributed by atoms with Gasteiger partial charge in [0.2, 0.25) is 5.12 Å². The summed E-state index contributed by atoms with van der Waals surface area (Å²) in [5, 5.41) is 0.000459. The van der Waals surface area contributed by atoms with Crippen molar-refractivity contribution < 1.29 is 18.1 Å². The van der Waals surface area contributed by atoms with Crippen molar-refractivity contribution in [1.82, 2.24) is 0 Å². The highest BCUT2D eigenvalue weighted by Crippen LogP contribution is 2.26. The van der Waals surface area contributed by atoms with Crippen LogP contribution in [-0.2, 0) is 13.3 Å². The van der Waals surface area contributed by atoms with Gasteiger partial charge in [0.1, 0.15) is 5.44 Å². The Hall–Kier alpha value is -0.663. The van der Waals surface area contributed by atoms with E-state index >= 15 is 0 Å². The first-order chi connectivity index (χ1) is 10.6. The average Bonchev–Trinajstić information content (AvgIpc) is 2.48. The normalized spacial score (nSPS) is 13.1. The second kappa shape index (κ2) is 10.2. The minimum atomic E-state index is -2.70.